The van der Waals surface area contributed by atoms with E-state index in [-0.39, 0.29) is 30.4 Å². The molecule has 2 atom stereocenters. The number of nitrogens with one attached hydrogen (secondary N) is 3. The first-order valence-electron chi connectivity index (χ1n) is 11.1. The highest BCUT2D eigenvalue weighted by Gasteiger charge is 2.24. The van der Waals surface area contributed by atoms with Gasteiger partial charge in [0.25, 0.3) is 5.91 Å². The summed E-state index contributed by atoms with van der Waals surface area (Å²) in [6.07, 6.45) is 2.23. The Morgan fingerprint density at radius 2 is 1.83 bits per heavy atom. The number of aryl methyl sites for hydroxylation is 1. The minimum Gasteiger partial charge on any atom is -0.508 e. The Kier molecular flexibility index (Phi) is 8.85. The van der Waals surface area contributed by atoms with Gasteiger partial charge in [0.15, 0.2) is 5.69 Å². The Labute approximate surface area is 204 Å². The van der Waals surface area contributed by atoms with Crippen molar-refractivity contribution in [3.63, 3.8) is 0 Å². The van der Waals surface area contributed by atoms with E-state index in [1.165, 1.54) is 17.7 Å². The second-order valence-electron chi connectivity index (χ2n) is 8.23. The van der Waals surface area contributed by atoms with Crippen molar-refractivity contribution in [2.24, 2.45) is 0 Å². The van der Waals surface area contributed by atoms with Gasteiger partial charge in [0, 0.05) is 13.1 Å². The molecule has 1 aromatic heterocycles. The van der Waals surface area contributed by atoms with Crippen LogP contribution in [0.25, 0.3) is 0 Å². The lowest BCUT2D eigenvalue weighted by molar-refractivity contribution is 0.0825. The fourth-order valence-corrected chi connectivity index (χ4v) is 3.87. The fraction of sp³-hybridized carbons (Fsp3) is 0.333. The first kappa shape index (κ1) is 26.2. The number of carbonyl (C=O) groups excluding carboxylic acids is 1. The third kappa shape index (κ3) is 8.39. The summed E-state index contributed by atoms with van der Waals surface area (Å²) in [5.41, 5.74) is 2.97. The number of phenols is 1. The van der Waals surface area contributed by atoms with Gasteiger partial charge < -0.3 is 25.3 Å². The van der Waals surface area contributed by atoms with Gasteiger partial charge in [0.1, 0.15) is 12.0 Å². The number of benzene rings is 2. The van der Waals surface area contributed by atoms with Gasteiger partial charge in [-0.05, 0) is 41.7 Å². The molecule has 3 rings (SSSR count). The number of aromatic nitrogens is 1. The van der Waals surface area contributed by atoms with E-state index in [1.54, 1.807) is 12.1 Å². The molecule has 0 radical (unpaired) electrons. The Morgan fingerprint density at radius 1 is 1.11 bits per heavy atom. The Hall–Kier alpha value is -3.41. The second-order valence-corrected chi connectivity index (χ2v) is 9.98. The van der Waals surface area contributed by atoms with E-state index in [0.29, 0.717) is 6.54 Å². The van der Waals surface area contributed by atoms with Crippen molar-refractivity contribution < 1.29 is 27.8 Å². The molecule has 35 heavy (non-hydrogen) atoms. The number of aromatic hydroxyl groups is 1. The van der Waals surface area contributed by atoms with Crippen LogP contribution in [0, 0.1) is 0 Å². The van der Waals surface area contributed by atoms with Crippen LogP contribution >= 0.6 is 0 Å². The lowest BCUT2D eigenvalue weighted by Crippen LogP contribution is -2.48. The summed E-state index contributed by atoms with van der Waals surface area (Å²) in [6, 6.07) is 13.6. The maximum absolute atomic E-state index is 12.8. The third-order valence-corrected chi connectivity index (χ3v) is 5.81. The third-order valence-electron chi connectivity index (χ3n) is 5.26. The van der Waals surface area contributed by atoms with E-state index in [9.17, 15) is 23.4 Å². The summed E-state index contributed by atoms with van der Waals surface area (Å²) in [7, 11) is -3.61. The van der Waals surface area contributed by atoms with Crippen molar-refractivity contribution >= 4 is 21.9 Å². The second kappa shape index (κ2) is 11.8. The summed E-state index contributed by atoms with van der Waals surface area (Å²) in [6.45, 7) is 2.84. The molecule has 0 aliphatic carbocycles. The highest BCUT2D eigenvalue weighted by Crippen LogP contribution is 2.14. The van der Waals surface area contributed by atoms with Gasteiger partial charge in [-0.3, -0.25) is 4.79 Å². The molecule has 2 aromatic carbocycles. The van der Waals surface area contributed by atoms with Crippen molar-refractivity contribution in [3.05, 3.63) is 77.2 Å². The first-order valence-corrected chi connectivity index (χ1v) is 13.0. The van der Waals surface area contributed by atoms with Crippen LogP contribution in [0.2, 0.25) is 0 Å². The highest BCUT2D eigenvalue weighted by atomic mass is 32.2. The normalized spacial score (nSPS) is 13.2. The van der Waals surface area contributed by atoms with Crippen LogP contribution in [-0.4, -0.2) is 54.5 Å². The fourth-order valence-electron chi connectivity index (χ4n) is 3.46. The molecule has 0 fully saturated rings. The summed E-state index contributed by atoms with van der Waals surface area (Å²) >= 11 is 0. The predicted octanol–water partition coefficient (Wildman–Crippen LogP) is 1.81. The van der Waals surface area contributed by atoms with Gasteiger partial charge in [-0.1, -0.05) is 43.3 Å². The molecule has 5 N–H and O–H groups in total. The molecule has 0 saturated heterocycles. The quantitative estimate of drug-likeness (QED) is 0.251. The molecule has 0 aliphatic rings. The van der Waals surface area contributed by atoms with Crippen molar-refractivity contribution in [3.8, 4) is 5.75 Å². The average Bonchev–Trinajstić information content (AvgIpc) is 3.27. The predicted molar refractivity (Wildman–Crippen MR) is 132 cm³/mol. The van der Waals surface area contributed by atoms with Crippen molar-refractivity contribution in [1.82, 2.24) is 15.6 Å². The molecular weight excluding hydrogens is 472 g/mol. The first-order chi connectivity index (χ1) is 16.6. The summed E-state index contributed by atoms with van der Waals surface area (Å²) in [5, 5.41) is 26.4. The zero-order valence-electron chi connectivity index (χ0n) is 19.6. The van der Waals surface area contributed by atoms with E-state index in [2.05, 4.69) is 39.4 Å². The van der Waals surface area contributed by atoms with E-state index < -0.39 is 28.1 Å². The van der Waals surface area contributed by atoms with Crippen molar-refractivity contribution in [1.29, 1.82) is 0 Å². The number of aliphatic hydroxyl groups is 1. The molecule has 11 heteroatoms. The number of hydrogen-bond donors (Lipinski definition) is 5. The monoisotopic (exact) mass is 502 g/mol. The largest absolute Gasteiger partial charge is 0.508 e. The van der Waals surface area contributed by atoms with Crippen LogP contribution in [0.15, 0.2) is 59.2 Å². The zero-order valence-corrected chi connectivity index (χ0v) is 20.4. The van der Waals surface area contributed by atoms with Gasteiger partial charge in [-0.15, -0.1) is 0 Å². The number of rotatable bonds is 12. The molecule has 0 bridgehead atoms. The number of oxazole rings is 1. The number of anilines is 1. The molecule has 1 amide bonds. The van der Waals surface area contributed by atoms with Gasteiger partial charge in [0.2, 0.25) is 10.0 Å². The standard InChI is InChI=1S/C24H30N4O6S/c1-3-16-5-4-6-18(11-16)13-25-14-22(30)20(12-17-7-9-19(29)10-8-17)26-23(31)21-15-34-24(27-21)28-35(2,32)33/h4-11,15,20,22,25,29-30H,3,12-14H2,1-2H3,(H,26,31)(H,27,28). The van der Waals surface area contributed by atoms with Gasteiger partial charge in [0.05, 0.1) is 18.4 Å². The molecule has 0 spiro atoms. The molecule has 0 saturated carbocycles. The topological polar surface area (TPSA) is 154 Å². The average molecular weight is 503 g/mol. The number of phenolic OH excluding ortho intramolecular Hbond substituents is 1. The molecular formula is C24H30N4O6S. The van der Waals surface area contributed by atoms with Crippen LogP contribution < -0.4 is 15.4 Å². The van der Waals surface area contributed by atoms with E-state index in [1.807, 2.05) is 12.1 Å². The van der Waals surface area contributed by atoms with Crippen LogP contribution in [0.1, 0.15) is 34.1 Å². The molecule has 2 unspecified atom stereocenters. The number of aliphatic hydroxyl groups excluding tert-OH is 1. The van der Waals surface area contributed by atoms with Gasteiger partial charge in [-0.2, -0.15) is 4.98 Å². The minimum atomic E-state index is -3.61. The number of sulfonamides is 1. The summed E-state index contributed by atoms with van der Waals surface area (Å²) in [5.74, 6) is -0.520. The summed E-state index contributed by atoms with van der Waals surface area (Å²) < 4.78 is 29.8. The lowest BCUT2D eigenvalue weighted by Gasteiger charge is -2.24. The van der Waals surface area contributed by atoms with Crippen molar-refractivity contribution in [2.75, 3.05) is 17.5 Å². The van der Waals surface area contributed by atoms with Gasteiger partial charge in [-0.25, -0.2) is 13.1 Å². The summed E-state index contributed by atoms with van der Waals surface area (Å²) in [4.78, 5) is 16.6. The van der Waals surface area contributed by atoms with Crippen LogP contribution in [-0.2, 0) is 29.4 Å². The Morgan fingerprint density at radius 3 is 2.51 bits per heavy atom. The zero-order chi connectivity index (χ0) is 25.4. The minimum absolute atomic E-state index is 0.111. The molecule has 1 heterocycles. The highest BCUT2D eigenvalue weighted by molar-refractivity contribution is 7.91. The number of carbonyl (C=O) groups is 1. The van der Waals surface area contributed by atoms with Crippen molar-refractivity contribution in [2.45, 2.75) is 38.5 Å². The Balaban J connectivity index is 1.67. The van der Waals surface area contributed by atoms with E-state index in [4.69, 9.17) is 4.42 Å². The SMILES string of the molecule is CCc1cccc(CNCC(O)C(Cc2ccc(O)cc2)NC(=O)c2coc(NS(C)(=O)=O)n2)c1. The molecule has 3 aromatic rings. The Bertz CT molecular complexity index is 1230. The van der Waals surface area contributed by atoms with Crippen LogP contribution in [0.3, 0.4) is 0 Å². The van der Waals surface area contributed by atoms with E-state index >= 15 is 0 Å². The van der Waals surface area contributed by atoms with Gasteiger partial charge >= 0.3 is 6.01 Å². The maximum atomic E-state index is 12.8. The lowest BCUT2D eigenvalue weighted by atomic mass is 10.0. The van der Waals surface area contributed by atoms with Crippen LogP contribution in [0.4, 0.5) is 6.01 Å². The maximum Gasteiger partial charge on any atom is 0.309 e. The number of hydrogen-bond acceptors (Lipinski definition) is 8. The van der Waals surface area contributed by atoms with E-state index in [0.717, 1.165) is 30.1 Å². The number of amides is 1. The van der Waals surface area contributed by atoms with Crippen LogP contribution in [0.5, 0.6) is 5.75 Å². The molecule has 188 valence electrons. The number of nitrogens with zero attached hydrogens (tertiary/aromatic N) is 1. The molecule has 10 nitrogen and oxygen atoms in total. The smallest absolute Gasteiger partial charge is 0.309 e. The molecule has 0 aliphatic heterocycles.